The van der Waals surface area contributed by atoms with Crippen LogP contribution in [-0.4, -0.2) is 42.3 Å². The van der Waals surface area contributed by atoms with Gasteiger partial charge in [-0.1, -0.05) is 18.2 Å². The first kappa shape index (κ1) is 16.1. The number of amidine groups is 1. The number of alkyl halides is 3. The molecular weight excluding hydrogens is 329 g/mol. The lowest BCUT2D eigenvalue weighted by Gasteiger charge is -2.27. The van der Waals surface area contributed by atoms with Crippen molar-refractivity contribution in [1.82, 2.24) is 4.90 Å². The Balaban J connectivity index is 1.84. The van der Waals surface area contributed by atoms with Crippen molar-refractivity contribution in [2.24, 2.45) is 4.99 Å². The molecule has 1 amide bonds. The highest BCUT2D eigenvalue weighted by molar-refractivity contribution is 8.18. The van der Waals surface area contributed by atoms with Crippen LogP contribution in [0.5, 0.6) is 0 Å². The number of morpholine rings is 1. The number of benzene rings is 1. The van der Waals surface area contributed by atoms with Gasteiger partial charge in [-0.3, -0.25) is 4.79 Å². The third kappa shape index (κ3) is 3.59. The lowest BCUT2D eigenvalue weighted by Crippen LogP contribution is -2.38. The summed E-state index contributed by atoms with van der Waals surface area (Å²) in [5.74, 6) is -0.506. The van der Waals surface area contributed by atoms with Crippen LogP contribution in [0.15, 0.2) is 34.2 Å². The number of carbonyl (C=O) groups excluding carboxylic acids is 1. The fraction of sp³-hybridized carbons (Fsp3) is 0.333. The summed E-state index contributed by atoms with van der Waals surface area (Å²) in [6, 6.07) is 5.18. The van der Waals surface area contributed by atoms with E-state index in [9.17, 15) is 18.0 Å². The van der Waals surface area contributed by atoms with Gasteiger partial charge in [-0.25, -0.2) is 0 Å². The Bertz CT molecular complexity index is 680. The van der Waals surface area contributed by atoms with Gasteiger partial charge in [-0.05, 0) is 29.5 Å². The van der Waals surface area contributed by atoms with Gasteiger partial charge in [0.15, 0.2) is 5.17 Å². The van der Waals surface area contributed by atoms with E-state index in [2.05, 4.69) is 4.99 Å². The molecule has 0 unspecified atom stereocenters. The quantitative estimate of drug-likeness (QED) is 0.736. The summed E-state index contributed by atoms with van der Waals surface area (Å²) >= 11 is 1.10. The topological polar surface area (TPSA) is 41.9 Å². The van der Waals surface area contributed by atoms with Crippen LogP contribution in [0.3, 0.4) is 0 Å². The molecule has 122 valence electrons. The molecule has 1 aromatic rings. The van der Waals surface area contributed by atoms with E-state index in [-0.39, 0.29) is 10.5 Å². The Morgan fingerprint density at radius 3 is 2.61 bits per heavy atom. The zero-order valence-corrected chi connectivity index (χ0v) is 12.8. The predicted octanol–water partition coefficient (Wildman–Crippen LogP) is 3.01. The second-order valence-electron chi connectivity index (χ2n) is 4.99. The molecule has 0 radical (unpaired) electrons. The van der Waals surface area contributed by atoms with Crippen LogP contribution in [0.25, 0.3) is 6.08 Å². The van der Waals surface area contributed by atoms with Crippen molar-refractivity contribution in [1.29, 1.82) is 0 Å². The summed E-state index contributed by atoms with van der Waals surface area (Å²) < 4.78 is 44.3. The number of ether oxygens (including phenoxy) is 1. The minimum atomic E-state index is -4.46. The molecule has 23 heavy (non-hydrogen) atoms. The maximum absolute atomic E-state index is 13.0. The van der Waals surface area contributed by atoms with Gasteiger partial charge < -0.3 is 9.64 Å². The first-order valence-corrected chi connectivity index (χ1v) is 7.78. The zero-order chi connectivity index (χ0) is 16.4. The Morgan fingerprint density at radius 2 is 1.91 bits per heavy atom. The average Bonchev–Trinajstić information content (AvgIpc) is 2.89. The SMILES string of the molecule is O=C1N=C(N2CCOCC2)S/C1=C\c1ccccc1C(F)(F)F. The third-order valence-electron chi connectivity index (χ3n) is 3.44. The van der Waals surface area contributed by atoms with Gasteiger partial charge >= 0.3 is 6.18 Å². The van der Waals surface area contributed by atoms with E-state index in [1.165, 1.54) is 24.3 Å². The summed E-state index contributed by atoms with van der Waals surface area (Å²) in [6.07, 6.45) is -3.21. The van der Waals surface area contributed by atoms with Crippen molar-refractivity contribution in [2.75, 3.05) is 26.3 Å². The molecule has 0 bridgehead atoms. The fourth-order valence-corrected chi connectivity index (χ4v) is 3.27. The molecule has 0 saturated carbocycles. The van der Waals surface area contributed by atoms with E-state index in [1.54, 1.807) is 0 Å². The molecule has 1 fully saturated rings. The zero-order valence-electron chi connectivity index (χ0n) is 12.0. The van der Waals surface area contributed by atoms with Crippen molar-refractivity contribution in [3.05, 3.63) is 40.3 Å². The van der Waals surface area contributed by atoms with Gasteiger partial charge in [0.2, 0.25) is 0 Å². The molecule has 0 aliphatic carbocycles. The molecule has 0 aromatic heterocycles. The Kier molecular flexibility index (Phi) is 4.45. The summed E-state index contributed by atoms with van der Waals surface area (Å²) in [6.45, 7) is 2.32. The molecule has 4 nitrogen and oxygen atoms in total. The first-order chi connectivity index (χ1) is 10.9. The minimum absolute atomic E-state index is 0.0331. The van der Waals surface area contributed by atoms with Crippen LogP contribution < -0.4 is 0 Å². The number of rotatable bonds is 1. The van der Waals surface area contributed by atoms with Crippen LogP contribution in [-0.2, 0) is 15.7 Å². The van der Waals surface area contributed by atoms with Crippen molar-refractivity contribution in [3.63, 3.8) is 0 Å². The molecule has 0 N–H and O–H groups in total. The van der Waals surface area contributed by atoms with Crippen molar-refractivity contribution >= 4 is 28.9 Å². The molecule has 1 aromatic carbocycles. The van der Waals surface area contributed by atoms with Crippen molar-refractivity contribution < 1.29 is 22.7 Å². The average molecular weight is 342 g/mol. The van der Waals surface area contributed by atoms with E-state index in [1.807, 2.05) is 4.90 Å². The number of aliphatic imine (C=N–C) groups is 1. The highest BCUT2D eigenvalue weighted by atomic mass is 32.2. The standard InChI is InChI=1S/C15H13F3N2O2S/c16-15(17,18)11-4-2-1-3-10(11)9-12-13(21)19-14(23-12)20-5-7-22-8-6-20/h1-4,9H,5-8H2/b12-9-. The Morgan fingerprint density at radius 1 is 1.22 bits per heavy atom. The molecular formula is C15H13F3N2O2S. The Hall–Kier alpha value is -1.80. The molecule has 0 atom stereocenters. The maximum atomic E-state index is 13.0. The first-order valence-electron chi connectivity index (χ1n) is 6.96. The monoisotopic (exact) mass is 342 g/mol. The fourth-order valence-electron chi connectivity index (χ4n) is 2.31. The number of nitrogens with zero attached hydrogens (tertiary/aromatic N) is 2. The maximum Gasteiger partial charge on any atom is 0.416 e. The van der Waals surface area contributed by atoms with Gasteiger partial charge in [0.25, 0.3) is 5.91 Å². The molecule has 0 spiro atoms. The van der Waals surface area contributed by atoms with Crippen LogP contribution in [0.2, 0.25) is 0 Å². The molecule has 8 heteroatoms. The van der Waals surface area contributed by atoms with Crippen LogP contribution in [0, 0.1) is 0 Å². The normalized spacial score (nSPS) is 21.0. The van der Waals surface area contributed by atoms with E-state index in [0.29, 0.717) is 31.5 Å². The highest BCUT2D eigenvalue weighted by Crippen LogP contribution is 2.36. The third-order valence-corrected chi connectivity index (χ3v) is 4.49. The summed E-state index contributed by atoms with van der Waals surface area (Å²) in [7, 11) is 0. The smallest absolute Gasteiger partial charge is 0.378 e. The van der Waals surface area contributed by atoms with Gasteiger partial charge in [-0.15, -0.1) is 0 Å². The summed E-state index contributed by atoms with van der Waals surface area (Å²) in [5.41, 5.74) is -0.796. The summed E-state index contributed by atoms with van der Waals surface area (Å²) in [4.78, 5) is 18.0. The van der Waals surface area contributed by atoms with Gasteiger partial charge in [0.05, 0.1) is 23.7 Å². The lowest BCUT2D eigenvalue weighted by atomic mass is 10.1. The van der Waals surface area contributed by atoms with Crippen LogP contribution in [0.1, 0.15) is 11.1 Å². The number of hydrogen-bond acceptors (Lipinski definition) is 4. The number of amides is 1. The molecule has 2 heterocycles. The van der Waals surface area contributed by atoms with E-state index < -0.39 is 17.6 Å². The van der Waals surface area contributed by atoms with Crippen LogP contribution in [0.4, 0.5) is 13.2 Å². The van der Waals surface area contributed by atoms with Crippen LogP contribution >= 0.6 is 11.8 Å². The second-order valence-corrected chi connectivity index (χ2v) is 6.00. The summed E-state index contributed by atoms with van der Waals surface area (Å²) in [5, 5.41) is 0.522. The predicted molar refractivity (Wildman–Crippen MR) is 81.8 cm³/mol. The minimum Gasteiger partial charge on any atom is -0.378 e. The number of halogens is 3. The molecule has 2 aliphatic heterocycles. The van der Waals surface area contributed by atoms with E-state index in [0.717, 1.165) is 17.8 Å². The van der Waals surface area contributed by atoms with Crippen molar-refractivity contribution in [2.45, 2.75) is 6.18 Å². The second kappa shape index (κ2) is 6.37. The highest BCUT2D eigenvalue weighted by Gasteiger charge is 2.33. The number of thioether (sulfide) groups is 1. The van der Waals surface area contributed by atoms with E-state index in [4.69, 9.17) is 4.74 Å². The molecule has 1 saturated heterocycles. The van der Waals surface area contributed by atoms with Gasteiger partial charge in [0, 0.05) is 13.1 Å². The lowest BCUT2D eigenvalue weighted by molar-refractivity contribution is -0.137. The largest absolute Gasteiger partial charge is 0.416 e. The number of hydrogen-bond donors (Lipinski definition) is 0. The molecule has 3 rings (SSSR count). The van der Waals surface area contributed by atoms with Gasteiger partial charge in [-0.2, -0.15) is 18.2 Å². The molecule has 2 aliphatic rings. The van der Waals surface area contributed by atoms with Gasteiger partial charge in [0.1, 0.15) is 0 Å². The number of carbonyl (C=O) groups is 1. The van der Waals surface area contributed by atoms with E-state index >= 15 is 0 Å². The van der Waals surface area contributed by atoms with Crippen molar-refractivity contribution in [3.8, 4) is 0 Å². The Labute approximate surface area is 135 Å².